The van der Waals surface area contributed by atoms with Gasteiger partial charge in [0, 0.05) is 11.6 Å². The van der Waals surface area contributed by atoms with Gasteiger partial charge in [-0.25, -0.2) is 13.2 Å². The van der Waals surface area contributed by atoms with Crippen LogP contribution in [0, 0.1) is 0 Å². The molecule has 39 heavy (non-hydrogen) atoms. The summed E-state index contributed by atoms with van der Waals surface area (Å²) in [7, 11) is -3.71. The van der Waals surface area contributed by atoms with Crippen molar-refractivity contribution >= 4 is 57.0 Å². The second kappa shape index (κ2) is 14.1. The van der Waals surface area contributed by atoms with E-state index in [2.05, 4.69) is 5.32 Å². The van der Waals surface area contributed by atoms with E-state index in [1.54, 1.807) is 54.6 Å². The number of nitrogens with one attached hydrogen (secondary N) is 1. The van der Waals surface area contributed by atoms with E-state index in [0.717, 1.165) is 11.1 Å². The van der Waals surface area contributed by atoms with Crippen LogP contribution in [0.3, 0.4) is 0 Å². The Morgan fingerprint density at radius 1 is 0.872 bits per heavy atom. The van der Waals surface area contributed by atoms with Crippen LogP contribution in [0.5, 0.6) is 11.5 Å². The van der Waals surface area contributed by atoms with Crippen molar-refractivity contribution < 1.29 is 28.2 Å². The van der Waals surface area contributed by atoms with Crippen LogP contribution in [0.2, 0.25) is 5.02 Å². The van der Waals surface area contributed by atoms with Crippen molar-refractivity contribution in [2.75, 3.05) is 13.1 Å². The molecule has 198 valence electrons. The van der Waals surface area contributed by atoms with E-state index in [0.29, 0.717) is 36.0 Å². The van der Waals surface area contributed by atoms with Gasteiger partial charge >= 0.3 is 35.5 Å². The Kier molecular flexibility index (Phi) is 11.1. The zero-order valence-corrected chi connectivity index (χ0v) is 21.8. The van der Waals surface area contributed by atoms with Gasteiger partial charge in [0.1, 0.15) is 11.5 Å². The number of ether oxygens (including phenoxy) is 1. The molecule has 0 unspecified atom stereocenters. The molecule has 4 aromatic carbocycles. The summed E-state index contributed by atoms with van der Waals surface area (Å²) in [4.78, 5) is 11.3. The van der Waals surface area contributed by atoms with Gasteiger partial charge in [-0.15, -0.1) is 0 Å². The summed E-state index contributed by atoms with van der Waals surface area (Å²) in [6.45, 7) is 0.990. The quantitative estimate of drug-likeness (QED) is 0.173. The minimum absolute atomic E-state index is 0. The third-order valence-corrected chi connectivity index (χ3v) is 7.89. The molecule has 4 aromatic rings. The molecule has 0 aliphatic heterocycles. The summed E-state index contributed by atoms with van der Waals surface area (Å²) in [5.41, 5.74) is 1.86. The number of aliphatic hydroxyl groups excluding tert-OH is 1. The van der Waals surface area contributed by atoms with Crippen LogP contribution in [0.4, 0.5) is 0 Å². The second-order valence-corrected chi connectivity index (χ2v) is 11.0. The minimum atomic E-state index is -3.71. The van der Waals surface area contributed by atoms with Gasteiger partial charge in [-0.05, 0) is 96.9 Å². The first-order valence-corrected chi connectivity index (χ1v) is 13.7. The zero-order chi connectivity index (χ0) is 27.1. The number of carboxylic acid groups (broad SMARTS) is 1. The zero-order valence-electron chi connectivity index (χ0n) is 20.2. The molecule has 0 aliphatic carbocycles. The fraction of sp³-hybridized carbons (Fsp3) is 0.138. The molecule has 0 fully saturated rings. The van der Waals surface area contributed by atoms with Crippen LogP contribution in [-0.2, 0) is 16.3 Å². The van der Waals surface area contributed by atoms with Crippen molar-refractivity contribution in [3.8, 4) is 11.5 Å². The fourth-order valence-corrected chi connectivity index (χ4v) is 5.22. The van der Waals surface area contributed by atoms with Crippen molar-refractivity contribution in [2.24, 2.45) is 0 Å². The Morgan fingerprint density at radius 2 is 1.44 bits per heavy atom. The summed E-state index contributed by atoms with van der Waals surface area (Å²) < 4.78 is 31.8. The van der Waals surface area contributed by atoms with Crippen molar-refractivity contribution in [2.45, 2.75) is 22.3 Å². The molecule has 0 bridgehead atoms. The molecule has 0 aliphatic rings. The van der Waals surface area contributed by atoms with E-state index < -0.39 is 21.9 Å². The number of rotatable bonds is 11. The standard InChI is InChI=1S/C29H26ClNO6S.Na.H/c30-23-3-1-2-22(18-23)28(32)19-31-17-16-20-4-12-26(13-5-20)38(35,36)27-14-10-25(11-15-27)37-24-8-6-21(7-9-24)29(33)34;;/h1-15,18,28,31-32H,16-17,19H2,(H,33,34);;/t28-;;/m1../s1. The number of halogens is 1. The molecule has 7 nitrogen and oxygen atoms in total. The normalized spacial score (nSPS) is 11.8. The van der Waals surface area contributed by atoms with Crippen molar-refractivity contribution in [3.63, 3.8) is 0 Å². The van der Waals surface area contributed by atoms with Gasteiger partial charge in [-0.2, -0.15) is 0 Å². The van der Waals surface area contributed by atoms with Gasteiger partial charge in [-0.3, -0.25) is 0 Å². The van der Waals surface area contributed by atoms with Crippen LogP contribution < -0.4 is 10.1 Å². The summed E-state index contributed by atoms with van der Waals surface area (Å²) in [6.07, 6.45) is -0.00212. The molecule has 4 rings (SSSR count). The molecule has 10 heteroatoms. The number of hydrogen-bond donors (Lipinski definition) is 3. The third kappa shape index (κ3) is 8.40. The molecular formula is C29H27ClNNaO6S. The number of sulfone groups is 1. The molecule has 0 heterocycles. The van der Waals surface area contributed by atoms with Gasteiger partial charge in [0.05, 0.1) is 21.5 Å². The molecule has 0 spiro atoms. The first-order valence-electron chi connectivity index (χ1n) is 11.8. The van der Waals surface area contributed by atoms with E-state index in [4.69, 9.17) is 21.4 Å². The van der Waals surface area contributed by atoms with E-state index >= 15 is 0 Å². The average Bonchev–Trinajstić information content (AvgIpc) is 2.92. The SMILES string of the molecule is O=C(O)c1ccc(Oc2ccc(S(=O)(=O)c3ccc(CCNC[C@@H](O)c4cccc(Cl)c4)cc3)cc2)cc1.[NaH]. The second-order valence-electron chi connectivity index (χ2n) is 8.58. The molecule has 0 saturated carbocycles. The van der Waals surface area contributed by atoms with Gasteiger partial charge in [0.2, 0.25) is 9.84 Å². The Morgan fingerprint density at radius 3 is 2.00 bits per heavy atom. The molecule has 0 aromatic heterocycles. The number of hydrogen-bond acceptors (Lipinski definition) is 6. The number of carbonyl (C=O) groups is 1. The van der Waals surface area contributed by atoms with Gasteiger partial charge < -0.3 is 20.3 Å². The fourth-order valence-electron chi connectivity index (χ4n) is 3.76. The Bertz CT molecular complexity index is 1490. The number of benzene rings is 4. The predicted molar refractivity (Wildman–Crippen MR) is 152 cm³/mol. The van der Waals surface area contributed by atoms with E-state index in [1.807, 2.05) is 6.07 Å². The summed E-state index contributed by atoms with van der Waals surface area (Å²) in [5.74, 6) is -0.161. The van der Waals surface area contributed by atoms with Crippen LogP contribution in [0.25, 0.3) is 0 Å². The Balaban J connectivity index is 0.00000420. The Hall–Kier alpha value is -2.69. The van der Waals surface area contributed by atoms with Crippen LogP contribution >= 0.6 is 11.6 Å². The monoisotopic (exact) mass is 575 g/mol. The van der Waals surface area contributed by atoms with Gasteiger partial charge in [-0.1, -0.05) is 35.9 Å². The van der Waals surface area contributed by atoms with Crippen molar-refractivity contribution in [1.82, 2.24) is 5.32 Å². The van der Waals surface area contributed by atoms with Gasteiger partial charge in [0.15, 0.2) is 0 Å². The van der Waals surface area contributed by atoms with E-state index in [-0.39, 0.29) is 44.9 Å². The molecular weight excluding hydrogens is 549 g/mol. The first-order chi connectivity index (χ1) is 18.2. The molecule has 0 amide bonds. The third-order valence-electron chi connectivity index (χ3n) is 5.87. The maximum absolute atomic E-state index is 13.1. The number of carboxylic acids is 1. The van der Waals surface area contributed by atoms with Crippen LogP contribution in [-0.4, -0.2) is 67.2 Å². The van der Waals surface area contributed by atoms with Gasteiger partial charge in [0.25, 0.3) is 0 Å². The van der Waals surface area contributed by atoms with Crippen LogP contribution in [0.15, 0.2) is 107 Å². The van der Waals surface area contributed by atoms with E-state index in [1.165, 1.54) is 36.4 Å². The molecule has 0 radical (unpaired) electrons. The predicted octanol–water partition coefficient (Wildman–Crippen LogP) is 4.88. The summed E-state index contributed by atoms with van der Waals surface area (Å²) in [6, 6.07) is 25.8. The van der Waals surface area contributed by atoms with Crippen molar-refractivity contribution in [1.29, 1.82) is 0 Å². The summed E-state index contributed by atoms with van der Waals surface area (Å²) >= 11 is 5.97. The van der Waals surface area contributed by atoms with Crippen molar-refractivity contribution in [3.05, 3.63) is 119 Å². The topological polar surface area (TPSA) is 113 Å². The molecule has 3 N–H and O–H groups in total. The maximum atomic E-state index is 13.1. The van der Waals surface area contributed by atoms with E-state index in [9.17, 15) is 18.3 Å². The average molecular weight is 576 g/mol. The molecule has 1 atom stereocenters. The Labute approximate surface area is 254 Å². The number of aromatic carboxylic acids is 1. The van der Waals surface area contributed by atoms with Crippen LogP contribution in [0.1, 0.15) is 27.6 Å². The first kappa shape index (κ1) is 30.8. The number of aliphatic hydroxyl groups is 1. The molecule has 0 saturated heterocycles. The summed E-state index contributed by atoms with van der Waals surface area (Å²) in [5, 5.41) is 23.0.